The van der Waals surface area contributed by atoms with Gasteiger partial charge in [-0.2, -0.15) is 0 Å². The topological polar surface area (TPSA) is 80.1 Å². The van der Waals surface area contributed by atoms with Gasteiger partial charge < -0.3 is 9.88 Å². The highest BCUT2D eigenvalue weighted by Gasteiger charge is 2.34. The number of rotatable bonds is 6. The second kappa shape index (κ2) is 7.88. The van der Waals surface area contributed by atoms with Crippen LogP contribution in [0.15, 0.2) is 46.9 Å². The number of carbonyl (C=O) groups is 2. The summed E-state index contributed by atoms with van der Waals surface area (Å²) in [6.07, 6.45) is 2.99. The van der Waals surface area contributed by atoms with Crippen molar-refractivity contribution in [2.75, 3.05) is 16.8 Å². The summed E-state index contributed by atoms with van der Waals surface area (Å²) in [5.41, 5.74) is 1.40. The summed E-state index contributed by atoms with van der Waals surface area (Å²) < 4.78 is 2.20. The molecule has 9 heteroatoms. The number of nitrogens with one attached hydrogen (secondary N) is 1. The average Bonchev–Trinajstić information content (AvgIpc) is 3.30. The van der Waals surface area contributed by atoms with E-state index < -0.39 is 0 Å². The van der Waals surface area contributed by atoms with Crippen LogP contribution < -0.4 is 10.2 Å². The van der Waals surface area contributed by atoms with E-state index in [-0.39, 0.29) is 23.6 Å². The van der Waals surface area contributed by atoms with Crippen LogP contribution in [0.5, 0.6) is 0 Å². The van der Waals surface area contributed by atoms with E-state index in [1.807, 2.05) is 37.3 Å². The number of thiophene rings is 1. The van der Waals surface area contributed by atoms with E-state index in [1.165, 1.54) is 16.6 Å². The van der Waals surface area contributed by atoms with Gasteiger partial charge in [0.25, 0.3) is 0 Å². The summed E-state index contributed by atoms with van der Waals surface area (Å²) in [5, 5.41) is 14.1. The molecule has 0 spiro atoms. The van der Waals surface area contributed by atoms with Gasteiger partial charge in [0.05, 0.1) is 16.6 Å². The van der Waals surface area contributed by atoms with E-state index in [0.29, 0.717) is 11.7 Å². The van der Waals surface area contributed by atoms with E-state index in [0.717, 1.165) is 35.9 Å². The van der Waals surface area contributed by atoms with Crippen molar-refractivity contribution in [3.63, 3.8) is 0 Å². The van der Waals surface area contributed by atoms with Gasteiger partial charge in [-0.15, -0.1) is 21.5 Å². The molecular formula is C21H21N5O2S2. The quantitative estimate of drug-likeness (QED) is 0.592. The summed E-state index contributed by atoms with van der Waals surface area (Å²) in [6, 6.07) is 11.9. The maximum atomic E-state index is 13.2. The third-order valence-corrected chi connectivity index (χ3v) is 7.15. The van der Waals surface area contributed by atoms with Crippen molar-refractivity contribution in [2.45, 2.75) is 42.6 Å². The molecule has 2 aromatic heterocycles. The summed E-state index contributed by atoms with van der Waals surface area (Å²) in [4.78, 5) is 28.1. The highest BCUT2D eigenvalue weighted by molar-refractivity contribution is 8.00. The molecule has 2 amide bonds. The molecule has 1 aliphatic carbocycles. The number of benzene rings is 1. The molecule has 0 saturated heterocycles. The molecule has 0 unspecified atom stereocenters. The zero-order chi connectivity index (χ0) is 20.7. The minimum Gasteiger partial charge on any atom is -0.323 e. The minimum atomic E-state index is -0.389. The molecule has 1 atom stereocenters. The van der Waals surface area contributed by atoms with Gasteiger partial charge in [0.1, 0.15) is 12.4 Å². The number of carbonyl (C=O) groups excluding carboxylic acids is 2. The largest absolute Gasteiger partial charge is 0.323 e. The molecule has 0 bridgehead atoms. The van der Waals surface area contributed by atoms with Gasteiger partial charge >= 0.3 is 0 Å². The molecule has 2 aliphatic rings. The van der Waals surface area contributed by atoms with Crippen LogP contribution in [0.1, 0.15) is 36.5 Å². The zero-order valence-corrected chi connectivity index (χ0v) is 18.1. The van der Waals surface area contributed by atoms with E-state index in [2.05, 4.69) is 31.5 Å². The lowest BCUT2D eigenvalue weighted by Crippen LogP contribution is -2.45. The molecule has 7 nitrogen and oxygen atoms in total. The van der Waals surface area contributed by atoms with Crippen LogP contribution in [0.2, 0.25) is 0 Å². The molecule has 1 aliphatic heterocycles. The van der Waals surface area contributed by atoms with Crippen LogP contribution in [0.4, 0.5) is 11.4 Å². The predicted molar refractivity (Wildman–Crippen MR) is 118 cm³/mol. The number of aromatic nitrogens is 3. The third-order valence-electron chi connectivity index (χ3n) is 5.23. The highest BCUT2D eigenvalue weighted by Crippen LogP contribution is 2.40. The van der Waals surface area contributed by atoms with Gasteiger partial charge in [0.15, 0.2) is 5.16 Å². The number of fused-ring (bicyclic) bond motifs is 1. The molecule has 5 rings (SSSR count). The molecule has 1 fully saturated rings. The summed E-state index contributed by atoms with van der Waals surface area (Å²) in [6.45, 7) is 1.90. The SMILES string of the molecule is C[C@H](Sc1nnc(Cc2cccs2)n1C1CC1)C(=O)N1CC(=O)Nc2ccccc21. The van der Waals surface area contributed by atoms with Crippen LogP contribution in [-0.4, -0.2) is 38.4 Å². The molecule has 3 aromatic rings. The molecular weight excluding hydrogens is 418 g/mol. The average molecular weight is 440 g/mol. The summed E-state index contributed by atoms with van der Waals surface area (Å²) in [7, 11) is 0. The summed E-state index contributed by atoms with van der Waals surface area (Å²) in [5.74, 6) is 0.663. The van der Waals surface area contributed by atoms with Crippen molar-refractivity contribution in [3.8, 4) is 0 Å². The van der Waals surface area contributed by atoms with Crippen LogP contribution in [-0.2, 0) is 16.0 Å². The fourth-order valence-corrected chi connectivity index (χ4v) is 5.34. The van der Waals surface area contributed by atoms with Crippen LogP contribution in [0, 0.1) is 0 Å². The number of amides is 2. The normalized spacial score (nSPS) is 16.8. The van der Waals surface area contributed by atoms with E-state index >= 15 is 0 Å². The minimum absolute atomic E-state index is 0.0275. The van der Waals surface area contributed by atoms with Crippen LogP contribution >= 0.6 is 23.1 Å². The Labute approximate surface area is 182 Å². The third kappa shape index (κ3) is 3.75. The molecule has 30 heavy (non-hydrogen) atoms. The first-order valence-corrected chi connectivity index (χ1v) is 11.7. The Morgan fingerprint density at radius 2 is 2.10 bits per heavy atom. The number of hydrogen-bond donors (Lipinski definition) is 1. The van der Waals surface area contributed by atoms with Crippen molar-refractivity contribution in [1.82, 2.24) is 14.8 Å². The predicted octanol–water partition coefficient (Wildman–Crippen LogP) is 3.73. The Balaban J connectivity index is 1.37. The fraction of sp³-hybridized carbons (Fsp3) is 0.333. The fourth-order valence-electron chi connectivity index (χ4n) is 3.63. The zero-order valence-electron chi connectivity index (χ0n) is 16.4. The molecule has 1 aromatic carbocycles. The van der Waals surface area contributed by atoms with Crippen molar-refractivity contribution >= 4 is 46.3 Å². The Bertz CT molecular complexity index is 1090. The van der Waals surface area contributed by atoms with Crippen molar-refractivity contribution in [1.29, 1.82) is 0 Å². The Hall–Kier alpha value is -2.65. The van der Waals surface area contributed by atoms with Crippen molar-refractivity contribution in [2.24, 2.45) is 0 Å². The molecule has 0 radical (unpaired) electrons. The first kappa shape index (κ1) is 19.3. The van der Waals surface area contributed by atoms with E-state index in [4.69, 9.17) is 0 Å². The lowest BCUT2D eigenvalue weighted by molar-refractivity contribution is -0.121. The highest BCUT2D eigenvalue weighted by atomic mass is 32.2. The van der Waals surface area contributed by atoms with Gasteiger partial charge in [0, 0.05) is 17.3 Å². The number of anilines is 2. The lowest BCUT2D eigenvalue weighted by Gasteiger charge is -2.30. The molecule has 3 heterocycles. The smallest absolute Gasteiger partial charge is 0.244 e. The number of nitrogens with zero attached hydrogens (tertiary/aromatic N) is 4. The molecule has 154 valence electrons. The van der Waals surface area contributed by atoms with Crippen molar-refractivity contribution in [3.05, 3.63) is 52.5 Å². The second-order valence-corrected chi connectivity index (χ2v) is 9.85. The molecule has 1 saturated carbocycles. The number of hydrogen-bond acceptors (Lipinski definition) is 6. The number of para-hydroxylation sites is 2. The monoisotopic (exact) mass is 439 g/mol. The van der Waals surface area contributed by atoms with Gasteiger partial charge in [0.2, 0.25) is 11.8 Å². The second-order valence-electron chi connectivity index (χ2n) is 7.51. The molecule has 1 N–H and O–H groups in total. The Morgan fingerprint density at radius 1 is 1.27 bits per heavy atom. The van der Waals surface area contributed by atoms with Crippen molar-refractivity contribution < 1.29 is 9.59 Å². The van der Waals surface area contributed by atoms with Gasteiger partial charge in [-0.1, -0.05) is 30.0 Å². The Morgan fingerprint density at radius 3 is 2.87 bits per heavy atom. The maximum absolute atomic E-state index is 13.2. The van der Waals surface area contributed by atoms with Gasteiger partial charge in [-0.05, 0) is 43.3 Å². The first-order valence-electron chi connectivity index (χ1n) is 9.93. The standard InChI is InChI=1S/C21H21N5O2S2/c1-13(20(28)25-12-19(27)22-16-6-2-3-7-17(16)25)30-21-24-23-18(26(21)14-8-9-14)11-15-5-4-10-29-15/h2-7,10,13-14H,8-9,11-12H2,1H3,(H,22,27)/t13-/m0/s1. The lowest BCUT2D eigenvalue weighted by atomic mass is 10.2. The van der Waals surface area contributed by atoms with Gasteiger partial charge in [-0.3, -0.25) is 14.5 Å². The van der Waals surface area contributed by atoms with E-state index in [1.54, 1.807) is 16.2 Å². The van der Waals surface area contributed by atoms with Crippen LogP contribution in [0.3, 0.4) is 0 Å². The van der Waals surface area contributed by atoms with E-state index in [9.17, 15) is 9.59 Å². The maximum Gasteiger partial charge on any atom is 0.244 e. The van der Waals surface area contributed by atoms with Crippen LogP contribution in [0.25, 0.3) is 0 Å². The number of thioether (sulfide) groups is 1. The first-order chi connectivity index (χ1) is 14.6. The Kier molecular flexibility index (Phi) is 5.08. The summed E-state index contributed by atoms with van der Waals surface area (Å²) >= 11 is 3.13. The van der Waals surface area contributed by atoms with Gasteiger partial charge in [-0.25, -0.2) is 0 Å².